The Kier molecular flexibility index (Phi) is 10.4. The van der Waals surface area contributed by atoms with E-state index in [1.165, 1.54) is 77.9 Å². The number of benzene rings is 4. The Morgan fingerprint density at radius 1 is 0.520 bits per heavy atom. The third kappa shape index (κ3) is 5.88. The molecule has 0 heterocycles. The average molecular weight is 800 g/mol. The molecule has 0 bridgehead atoms. The van der Waals surface area contributed by atoms with Crippen molar-refractivity contribution in [1.29, 1.82) is 0 Å². The van der Waals surface area contributed by atoms with Crippen LogP contribution < -0.4 is 0 Å². The van der Waals surface area contributed by atoms with E-state index in [2.05, 4.69) is 167 Å². The zero-order valence-corrected chi connectivity index (χ0v) is 37.5. The van der Waals surface area contributed by atoms with Gasteiger partial charge in [-0.1, -0.05) is 0 Å². The van der Waals surface area contributed by atoms with E-state index in [9.17, 15) is 0 Å². The molecule has 2 atom stereocenters. The molecule has 0 amide bonds. The topological polar surface area (TPSA) is 0 Å². The van der Waals surface area contributed by atoms with Crippen LogP contribution >= 0.6 is 17.0 Å². The minimum absolute atomic E-state index is 0.0650. The fourth-order valence-corrected chi connectivity index (χ4v) is 40.8. The molecule has 0 aliphatic heterocycles. The molecule has 2 unspecified atom stereocenters. The second-order valence-electron chi connectivity index (χ2n) is 16.8. The van der Waals surface area contributed by atoms with Crippen LogP contribution in [-0.4, -0.2) is 5.92 Å². The Labute approximate surface area is 312 Å². The molecule has 0 N–H and O–H groups in total. The molecule has 4 heteroatoms. The molecule has 0 spiro atoms. The molecule has 4 aromatic rings. The summed E-state index contributed by atoms with van der Waals surface area (Å²) in [6.45, 7) is 28.2. The van der Waals surface area contributed by atoms with Crippen molar-refractivity contribution >= 4 is 35.1 Å². The quantitative estimate of drug-likeness (QED) is 0.148. The van der Waals surface area contributed by atoms with E-state index < -0.39 is 21.5 Å². The van der Waals surface area contributed by atoms with Crippen LogP contribution in [0.3, 0.4) is 0 Å². The SMILES string of the molecule is Cc1ccccc1-c1c(C(C)C)ccc2c1C=C(C(C)C)[CH]2[Zr]([Cl])([Cl])([CH]1C(C(C)C)=Cc2c1ccc(C(C)C)c2-c1ccccc1C)[SiH](C)C. The van der Waals surface area contributed by atoms with E-state index in [1.54, 1.807) is 0 Å². The normalized spacial score (nSPS) is 18.2. The summed E-state index contributed by atoms with van der Waals surface area (Å²) >= 11 is -4.98. The van der Waals surface area contributed by atoms with Gasteiger partial charge in [0.2, 0.25) is 0 Å². The Morgan fingerprint density at radius 3 is 1.18 bits per heavy atom. The number of allylic oxidation sites excluding steroid dienone is 2. The second-order valence-corrected chi connectivity index (χ2v) is 59.4. The molecule has 6 rings (SSSR count). The van der Waals surface area contributed by atoms with Gasteiger partial charge in [0.25, 0.3) is 0 Å². The summed E-state index contributed by atoms with van der Waals surface area (Å²) in [7, 11) is 17.8. The first-order valence-corrected chi connectivity index (χ1v) is 35.3. The summed E-state index contributed by atoms with van der Waals surface area (Å²) < 4.78 is 0.130. The van der Waals surface area contributed by atoms with Crippen molar-refractivity contribution < 1.29 is 15.6 Å². The molecule has 0 aromatic heterocycles. The van der Waals surface area contributed by atoms with Gasteiger partial charge in [-0.15, -0.1) is 0 Å². The molecule has 2 aliphatic rings. The zero-order valence-electron chi connectivity index (χ0n) is 32.4. The third-order valence-corrected chi connectivity index (χ3v) is 63.8. The number of fused-ring (bicyclic) bond motifs is 2. The molecule has 0 radical (unpaired) electrons. The van der Waals surface area contributed by atoms with Gasteiger partial charge >= 0.3 is 315 Å². The molecule has 2 aliphatic carbocycles. The third-order valence-electron chi connectivity index (χ3n) is 12.1. The Balaban J connectivity index is 1.70. The van der Waals surface area contributed by atoms with E-state index in [0.717, 1.165) is 0 Å². The van der Waals surface area contributed by atoms with Crippen LogP contribution in [0.4, 0.5) is 0 Å². The maximum absolute atomic E-state index is 8.89. The van der Waals surface area contributed by atoms with Crippen LogP contribution in [0.25, 0.3) is 34.4 Å². The number of aryl methyl sites for hydroxylation is 2. The summed E-state index contributed by atoms with van der Waals surface area (Å²) in [6.07, 6.45) is 5.09. The molecule has 0 saturated heterocycles. The van der Waals surface area contributed by atoms with Crippen LogP contribution in [0.5, 0.6) is 0 Å². The van der Waals surface area contributed by atoms with Crippen molar-refractivity contribution in [2.45, 2.75) is 101 Å². The Hall–Kier alpha value is -1.96. The number of hydrogen-bond acceptors (Lipinski definition) is 0. The summed E-state index contributed by atoms with van der Waals surface area (Å²) in [4.78, 5) is 0. The van der Waals surface area contributed by atoms with Gasteiger partial charge in [-0.05, 0) is 0 Å². The summed E-state index contributed by atoms with van der Waals surface area (Å²) in [5.74, 6) is -0.255. The van der Waals surface area contributed by atoms with E-state index in [4.69, 9.17) is 17.0 Å². The van der Waals surface area contributed by atoms with Gasteiger partial charge in [-0.3, -0.25) is 0 Å². The van der Waals surface area contributed by atoms with Gasteiger partial charge in [0.1, 0.15) is 0 Å². The number of rotatable bonds is 9. The monoisotopic (exact) mass is 797 g/mol. The Bertz CT molecular complexity index is 1890. The molecule has 4 aromatic carbocycles. The Morgan fingerprint density at radius 2 is 0.880 bits per heavy atom. The van der Waals surface area contributed by atoms with Gasteiger partial charge in [0, 0.05) is 0 Å². The molecule has 0 nitrogen and oxygen atoms in total. The fraction of sp³-hybridized carbons (Fsp3) is 0.391. The predicted octanol–water partition coefficient (Wildman–Crippen LogP) is 14.8. The van der Waals surface area contributed by atoms with Gasteiger partial charge in [-0.2, -0.15) is 0 Å². The minimum atomic E-state index is -4.98. The van der Waals surface area contributed by atoms with Crippen molar-refractivity contribution in [2.24, 2.45) is 11.8 Å². The van der Waals surface area contributed by atoms with Crippen molar-refractivity contribution in [3.05, 3.63) is 128 Å². The van der Waals surface area contributed by atoms with E-state index >= 15 is 0 Å². The first kappa shape index (κ1) is 37.8. The van der Waals surface area contributed by atoms with Gasteiger partial charge < -0.3 is 0 Å². The van der Waals surface area contributed by atoms with Crippen molar-refractivity contribution in [3.63, 3.8) is 0 Å². The average Bonchev–Trinajstić information content (AvgIpc) is 3.66. The molecular weight excluding hydrogens is 743 g/mol. The van der Waals surface area contributed by atoms with Crippen LogP contribution in [0.15, 0.2) is 83.9 Å². The first-order chi connectivity index (χ1) is 23.5. The summed E-state index contributed by atoms with van der Waals surface area (Å²) in [5, 5.41) is 0. The summed E-state index contributed by atoms with van der Waals surface area (Å²) in [5.41, 5.74) is 19.2. The van der Waals surface area contributed by atoms with E-state index in [0.29, 0.717) is 23.7 Å². The molecular formula is C46H57Cl2SiZr. The first-order valence-electron chi connectivity index (χ1n) is 19.0. The van der Waals surface area contributed by atoms with Gasteiger partial charge in [0.15, 0.2) is 0 Å². The molecule has 0 fully saturated rings. The second kappa shape index (κ2) is 13.8. The van der Waals surface area contributed by atoms with Gasteiger partial charge in [-0.25, -0.2) is 0 Å². The van der Waals surface area contributed by atoms with Crippen LogP contribution in [0.2, 0.25) is 13.1 Å². The van der Waals surface area contributed by atoms with Crippen LogP contribution in [0, 0.1) is 25.7 Å². The van der Waals surface area contributed by atoms with E-state index in [1.807, 2.05) is 0 Å². The standard InChI is InChI=1S/2C22H25.C2H7Si.2ClH.Zr/c2*1-14(2)18-12-17-10-11-19(15(3)4)22(21(17)13-18)20-9-7-6-8-16(20)5;1-3-2;;;/h2*6-15H,1-5H3;3H,1-2H3;2*1H;/q;;;;;+2/p-2. The molecule has 50 heavy (non-hydrogen) atoms. The predicted molar refractivity (Wildman–Crippen MR) is 223 cm³/mol. The van der Waals surface area contributed by atoms with Crippen molar-refractivity contribution in [2.75, 3.05) is 0 Å². The van der Waals surface area contributed by atoms with Gasteiger partial charge in [0.05, 0.1) is 0 Å². The molecule has 0 saturated carbocycles. The summed E-state index contributed by atoms with van der Waals surface area (Å²) in [6, 6.07) is 27.5. The fourth-order valence-electron chi connectivity index (χ4n) is 9.31. The molecule has 263 valence electrons. The number of halogens is 2. The maximum atomic E-state index is 8.89. The number of hydrogen-bond donors (Lipinski definition) is 0. The van der Waals surface area contributed by atoms with E-state index in [-0.39, 0.29) is 7.25 Å². The zero-order chi connectivity index (χ0) is 36.5. The van der Waals surface area contributed by atoms with Crippen molar-refractivity contribution in [3.8, 4) is 22.3 Å². The van der Waals surface area contributed by atoms with Crippen LogP contribution in [-0.2, 0) is 15.6 Å². The van der Waals surface area contributed by atoms with Crippen molar-refractivity contribution in [1.82, 2.24) is 0 Å². The van der Waals surface area contributed by atoms with Crippen LogP contribution in [0.1, 0.15) is 119 Å².